The van der Waals surface area contributed by atoms with Gasteiger partial charge in [-0.25, -0.2) is 0 Å². The molecule has 2 heteroatoms. The average Bonchev–Trinajstić information content (AvgIpc) is 2.89. The molecule has 1 aliphatic rings. The van der Waals surface area contributed by atoms with Crippen LogP contribution >= 0.6 is 0 Å². The summed E-state index contributed by atoms with van der Waals surface area (Å²) < 4.78 is 5.18. The highest BCUT2D eigenvalue weighted by Crippen LogP contribution is 2.17. The lowest BCUT2D eigenvalue weighted by atomic mass is 10.2. The Labute approximate surface area is 79.1 Å². The fraction of sp³-hybridized carbons (Fsp3) is 0.455. The van der Waals surface area contributed by atoms with Gasteiger partial charge in [0.1, 0.15) is 0 Å². The minimum absolute atomic E-state index is 0.464. The smallest absolute Gasteiger partial charge is 0.0984 e. The molecule has 0 saturated carbocycles. The van der Waals surface area contributed by atoms with Crippen molar-refractivity contribution in [2.75, 3.05) is 25.1 Å². The number of likely N-dealkylation sites (N-methyl/N-ethyl adjacent to an activating group) is 1. The SMILES string of the molecule is Cc1ccc(N(C)C[C@@H]2CO2)cc1. The second-order valence-corrected chi connectivity index (χ2v) is 3.67. The van der Waals surface area contributed by atoms with Crippen LogP contribution in [0.1, 0.15) is 5.56 Å². The Bertz CT molecular complexity index is 277. The number of ether oxygens (including phenoxy) is 1. The number of nitrogens with zero attached hydrogens (tertiary/aromatic N) is 1. The van der Waals surface area contributed by atoms with Crippen molar-refractivity contribution < 1.29 is 4.74 Å². The first-order chi connectivity index (χ1) is 6.25. The molecular weight excluding hydrogens is 162 g/mol. The molecule has 0 unspecified atom stereocenters. The standard InChI is InChI=1S/C11H15NO/c1-9-3-5-10(6-4-9)12(2)7-11-8-13-11/h3-6,11H,7-8H2,1-2H3/t11-/m1/s1. The zero-order valence-corrected chi connectivity index (χ0v) is 8.16. The van der Waals surface area contributed by atoms with Crippen molar-refractivity contribution in [3.8, 4) is 0 Å². The fourth-order valence-corrected chi connectivity index (χ4v) is 1.38. The van der Waals surface area contributed by atoms with Crippen LogP contribution in [0.2, 0.25) is 0 Å². The van der Waals surface area contributed by atoms with Crippen LogP contribution < -0.4 is 4.90 Å². The van der Waals surface area contributed by atoms with Crippen molar-refractivity contribution in [3.05, 3.63) is 29.8 Å². The highest BCUT2D eigenvalue weighted by molar-refractivity contribution is 5.46. The van der Waals surface area contributed by atoms with Gasteiger partial charge in [0.05, 0.1) is 12.7 Å². The summed E-state index contributed by atoms with van der Waals surface area (Å²) in [7, 11) is 2.10. The predicted octanol–water partition coefficient (Wildman–Crippen LogP) is 1.83. The molecule has 1 saturated heterocycles. The summed E-state index contributed by atoms with van der Waals surface area (Å²) in [5.41, 5.74) is 2.57. The van der Waals surface area contributed by atoms with Crippen molar-refractivity contribution in [2.45, 2.75) is 13.0 Å². The Morgan fingerprint density at radius 1 is 1.38 bits per heavy atom. The second kappa shape index (κ2) is 3.38. The highest BCUT2D eigenvalue weighted by Gasteiger charge is 2.23. The van der Waals surface area contributed by atoms with Gasteiger partial charge in [0.15, 0.2) is 0 Å². The molecule has 2 rings (SSSR count). The molecule has 1 aromatic rings. The number of hydrogen-bond acceptors (Lipinski definition) is 2. The molecule has 1 fully saturated rings. The zero-order valence-electron chi connectivity index (χ0n) is 8.16. The van der Waals surface area contributed by atoms with Crippen LogP contribution in [0, 0.1) is 6.92 Å². The predicted molar refractivity (Wildman–Crippen MR) is 54.2 cm³/mol. The molecule has 2 nitrogen and oxygen atoms in total. The lowest BCUT2D eigenvalue weighted by molar-refractivity contribution is 0.410. The summed E-state index contributed by atoms with van der Waals surface area (Å²) >= 11 is 0. The number of epoxide rings is 1. The maximum absolute atomic E-state index is 5.18. The van der Waals surface area contributed by atoms with Gasteiger partial charge in [-0.15, -0.1) is 0 Å². The van der Waals surface area contributed by atoms with E-state index in [2.05, 4.69) is 43.1 Å². The largest absolute Gasteiger partial charge is 0.372 e. The van der Waals surface area contributed by atoms with Crippen LogP contribution in [0.25, 0.3) is 0 Å². The van der Waals surface area contributed by atoms with Crippen LogP contribution in [0.5, 0.6) is 0 Å². The summed E-state index contributed by atoms with van der Waals surface area (Å²) in [5.74, 6) is 0. The minimum atomic E-state index is 0.464. The molecule has 0 amide bonds. The van der Waals surface area contributed by atoms with Gasteiger partial charge in [-0.1, -0.05) is 17.7 Å². The van der Waals surface area contributed by atoms with E-state index < -0.39 is 0 Å². The summed E-state index contributed by atoms with van der Waals surface area (Å²) in [6.45, 7) is 4.03. The first kappa shape index (κ1) is 8.57. The Morgan fingerprint density at radius 3 is 2.54 bits per heavy atom. The van der Waals surface area contributed by atoms with Gasteiger partial charge in [0.2, 0.25) is 0 Å². The average molecular weight is 177 g/mol. The maximum atomic E-state index is 5.18. The Hall–Kier alpha value is -1.02. The van der Waals surface area contributed by atoms with Gasteiger partial charge < -0.3 is 9.64 Å². The first-order valence-corrected chi connectivity index (χ1v) is 4.65. The molecule has 1 aromatic carbocycles. The molecule has 0 aromatic heterocycles. The summed E-state index contributed by atoms with van der Waals surface area (Å²) in [6, 6.07) is 8.58. The molecule has 70 valence electrons. The van der Waals surface area contributed by atoms with Gasteiger partial charge in [-0.2, -0.15) is 0 Å². The summed E-state index contributed by atoms with van der Waals surface area (Å²) in [4.78, 5) is 2.23. The van der Waals surface area contributed by atoms with Gasteiger partial charge >= 0.3 is 0 Å². The quantitative estimate of drug-likeness (QED) is 0.655. The molecule has 0 N–H and O–H groups in total. The normalized spacial score (nSPS) is 20.0. The van der Waals surface area contributed by atoms with Crippen molar-refractivity contribution in [1.29, 1.82) is 0 Å². The van der Waals surface area contributed by atoms with Gasteiger partial charge in [0, 0.05) is 19.3 Å². The molecule has 0 aliphatic carbocycles. The fourth-order valence-electron chi connectivity index (χ4n) is 1.38. The highest BCUT2D eigenvalue weighted by atomic mass is 16.6. The maximum Gasteiger partial charge on any atom is 0.0984 e. The molecule has 1 aliphatic heterocycles. The van der Waals surface area contributed by atoms with Gasteiger partial charge in [-0.3, -0.25) is 0 Å². The molecule has 13 heavy (non-hydrogen) atoms. The second-order valence-electron chi connectivity index (χ2n) is 3.67. The van der Waals surface area contributed by atoms with Crippen molar-refractivity contribution in [3.63, 3.8) is 0 Å². The number of benzene rings is 1. The van der Waals surface area contributed by atoms with Crippen LogP contribution in [0.3, 0.4) is 0 Å². The first-order valence-electron chi connectivity index (χ1n) is 4.65. The van der Waals surface area contributed by atoms with Crippen molar-refractivity contribution >= 4 is 5.69 Å². The van der Waals surface area contributed by atoms with E-state index in [1.807, 2.05) is 0 Å². The molecule has 0 radical (unpaired) electrons. The van der Waals surface area contributed by atoms with E-state index in [0.29, 0.717) is 6.10 Å². The van der Waals surface area contributed by atoms with Crippen LogP contribution in [0.4, 0.5) is 5.69 Å². The van der Waals surface area contributed by atoms with E-state index in [9.17, 15) is 0 Å². The van der Waals surface area contributed by atoms with E-state index in [1.165, 1.54) is 11.3 Å². The van der Waals surface area contributed by atoms with Crippen LogP contribution in [-0.2, 0) is 4.74 Å². The van der Waals surface area contributed by atoms with E-state index in [0.717, 1.165) is 13.2 Å². The Morgan fingerprint density at radius 2 is 2.00 bits per heavy atom. The van der Waals surface area contributed by atoms with E-state index in [4.69, 9.17) is 4.74 Å². The third-order valence-electron chi connectivity index (χ3n) is 2.35. The van der Waals surface area contributed by atoms with E-state index in [-0.39, 0.29) is 0 Å². The monoisotopic (exact) mass is 177 g/mol. The van der Waals surface area contributed by atoms with Crippen molar-refractivity contribution in [2.24, 2.45) is 0 Å². The molecule has 1 atom stereocenters. The molecular formula is C11H15NO. The lowest BCUT2D eigenvalue weighted by Gasteiger charge is -2.17. The summed E-state index contributed by atoms with van der Waals surface area (Å²) in [5, 5.41) is 0. The number of aryl methyl sites for hydroxylation is 1. The Kier molecular flexibility index (Phi) is 2.23. The molecule has 0 spiro atoms. The zero-order chi connectivity index (χ0) is 9.26. The van der Waals surface area contributed by atoms with E-state index >= 15 is 0 Å². The third-order valence-corrected chi connectivity index (χ3v) is 2.35. The number of anilines is 1. The lowest BCUT2D eigenvalue weighted by Crippen LogP contribution is -2.22. The minimum Gasteiger partial charge on any atom is -0.372 e. The van der Waals surface area contributed by atoms with E-state index in [1.54, 1.807) is 0 Å². The summed E-state index contributed by atoms with van der Waals surface area (Å²) in [6.07, 6.45) is 0.464. The van der Waals surface area contributed by atoms with Crippen LogP contribution in [0.15, 0.2) is 24.3 Å². The van der Waals surface area contributed by atoms with Gasteiger partial charge in [-0.05, 0) is 19.1 Å². The molecule has 0 bridgehead atoms. The number of rotatable bonds is 3. The topological polar surface area (TPSA) is 15.8 Å². The third kappa shape index (κ3) is 2.22. The van der Waals surface area contributed by atoms with Gasteiger partial charge in [0.25, 0.3) is 0 Å². The Balaban J connectivity index is 2.01. The van der Waals surface area contributed by atoms with Crippen LogP contribution in [-0.4, -0.2) is 26.3 Å². The van der Waals surface area contributed by atoms with Crippen molar-refractivity contribution in [1.82, 2.24) is 0 Å². The molecule has 1 heterocycles. The number of hydrogen-bond donors (Lipinski definition) is 0.